The standard InChI is InChI=1S/C15H25F2NO2.C14H23F2NO2.C13H21F2NO2.C12H19F2NO2/c1-11(2)12-5-9-18(10-6-12)14(19)20-13-3-7-15(16,17)8-4-13;1-10(2)11-4-7-17(8-5-11)13(18)19-12-3-6-14(15,16)9-12;1-9(2)10-3-5-16(6-4-10)12(17)18-11-7-13(14,15)8-11;1-8(2)9-3-5-15(6-4-9)11(16)17-10-7-12(10,13)14/h11-13H,3-10H2,1-2H3;10-12H,3-9H2,1-2H3;9-11H,3-8H2,1-2H3;8-10H,3-7H2,1-2H3. The molecule has 4 amide bonds. The molecule has 4 saturated heterocycles. The highest BCUT2D eigenvalue weighted by Crippen LogP contribution is 2.45. The molecule has 4 saturated carbocycles. The Kier molecular flexibility index (Phi) is 22.2. The third-order valence-electron chi connectivity index (χ3n) is 16.9. The minimum absolute atomic E-state index is 0.166. The van der Waals surface area contributed by atoms with Crippen LogP contribution in [0.3, 0.4) is 0 Å². The van der Waals surface area contributed by atoms with Gasteiger partial charge in [-0.1, -0.05) is 55.4 Å². The summed E-state index contributed by atoms with van der Waals surface area (Å²) in [5.74, 6) is -5.51. The van der Waals surface area contributed by atoms with E-state index < -0.39 is 60.3 Å². The van der Waals surface area contributed by atoms with E-state index in [1.807, 2.05) is 0 Å². The van der Waals surface area contributed by atoms with E-state index in [0.717, 1.165) is 64.5 Å². The summed E-state index contributed by atoms with van der Waals surface area (Å²) in [5.41, 5.74) is 0. The highest BCUT2D eigenvalue weighted by molar-refractivity contribution is 5.69. The van der Waals surface area contributed by atoms with Crippen LogP contribution in [0, 0.1) is 47.3 Å². The number of alkyl halides is 8. The number of halogens is 8. The molecule has 428 valence electrons. The van der Waals surface area contributed by atoms with Gasteiger partial charge in [0.25, 0.3) is 17.8 Å². The Bertz CT molecular complexity index is 1760. The lowest BCUT2D eigenvalue weighted by atomic mass is 9.87. The molecule has 0 bridgehead atoms. The molecule has 0 N–H and O–H groups in total. The highest BCUT2D eigenvalue weighted by Gasteiger charge is 2.61. The second-order valence-electron chi connectivity index (χ2n) is 23.9. The van der Waals surface area contributed by atoms with Crippen LogP contribution in [-0.4, -0.2) is 144 Å². The molecule has 8 aliphatic rings. The smallest absolute Gasteiger partial charge is 0.410 e. The van der Waals surface area contributed by atoms with Crippen LogP contribution < -0.4 is 0 Å². The van der Waals surface area contributed by atoms with Crippen LogP contribution >= 0.6 is 0 Å². The van der Waals surface area contributed by atoms with E-state index in [0.29, 0.717) is 86.6 Å². The Morgan fingerprint density at radius 1 is 0.351 bits per heavy atom. The van der Waals surface area contributed by atoms with Gasteiger partial charge in [0.1, 0.15) is 18.3 Å². The topological polar surface area (TPSA) is 118 Å². The quantitative estimate of drug-likeness (QED) is 0.174. The minimum Gasteiger partial charge on any atom is -0.446 e. The molecule has 12 nitrogen and oxygen atoms in total. The van der Waals surface area contributed by atoms with E-state index in [2.05, 4.69) is 55.4 Å². The second-order valence-corrected chi connectivity index (χ2v) is 23.9. The van der Waals surface area contributed by atoms with Crippen molar-refractivity contribution in [1.82, 2.24) is 19.6 Å². The largest absolute Gasteiger partial charge is 0.446 e. The van der Waals surface area contributed by atoms with E-state index in [-0.39, 0.29) is 76.4 Å². The third-order valence-corrected chi connectivity index (χ3v) is 16.9. The van der Waals surface area contributed by atoms with Gasteiger partial charge in [0.2, 0.25) is 5.92 Å². The lowest BCUT2D eigenvalue weighted by molar-refractivity contribution is -0.148. The predicted molar refractivity (Wildman–Crippen MR) is 264 cm³/mol. The van der Waals surface area contributed by atoms with E-state index in [4.69, 9.17) is 18.9 Å². The molecule has 20 heteroatoms. The lowest BCUT2D eigenvalue weighted by Crippen LogP contribution is -2.46. The number of rotatable bonds is 8. The summed E-state index contributed by atoms with van der Waals surface area (Å²) in [6.45, 7) is 23.0. The van der Waals surface area contributed by atoms with Gasteiger partial charge in [-0.2, -0.15) is 0 Å². The fourth-order valence-electron chi connectivity index (χ4n) is 11.0. The van der Waals surface area contributed by atoms with Gasteiger partial charge in [-0.05, 0) is 118 Å². The molecule has 0 spiro atoms. The number of hydrogen-bond acceptors (Lipinski definition) is 8. The maximum Gasteiger partial charge on any atom is 0.410 e. The Morgan fingerprint density at radius 3 is 0.878 bits per heavy atom. The number of amides is 4. The maximum atomic E-state index is 13.0. The Balaban J connectivity index is 0.000000183. The zero-order valence-electron chi connectivity index (χ0n) is 45.4. The van der Waals surface area contributed by atoms with Crippen LogP contribution in [0.1, 0.15) is 171 Å². The summed E-state index contributed by atoms with van der Waals surface area (Å²) in [6.07, 6.45) is 2.45. The molecule has 0 radical (unpaired) electrons. The SMILES string of the molecule is CC(C)C1CCN(C(=O)OC2CC(F)(F)C2)CC1.CC(C)C1CCN(C(=O)OC2CC2(F)F)CC1.CC(C)C1CCN(C(=O)OC2CCC(F)(F)C2)CC1.CC(C)C1CCN(C(=O)OC2CCC(F)(F)CC2)CC1. The van der Waals surface area contributed by atoms with Crippen LogP contribution in [0.15, 0.2) is 0 Å². The number of likely N-dealkylation sites (tertiary alicyclic amines) is 4. The van der Waals surface area contributed by atoms with Crippen molar-refractivity contribution in [3.8, 4) is 0 Å². The van der Waals surface area contributed by atoms with Gasteiger partial charge >= 0.3 is 24.4 Å². The van der Waals surface area contributed by atoms with Crippen molar-refractivity contribution in [3.63, 3.8) is 0 Å². The fourth-order valence-corrected chi connectivity index (χ4v) is 11.0. The summed E-state index contributed by atoms with van der Waals surface area (Å²) in [6, 6.07) is 0. The van der Waals surface area contributed by atoms with Gasteiger partial charge in [-0.15, -0.1) is 0 Å². The second kappa shape index (κ2) is 26.7. The van der Waals surface area contributed by atoms with Crippen molar-refractivity contribution < 1.29 is 73.2 Å². The van der Waals surface area contributed by atoms with Crippen molar-refractivity contribution >= 4 is 24.4 Å². The van der Waals surface area contributed by atoms with Crippen LogP contribution in [0.4, 0.5) is 54.3 Å². The van der Waals surface area contributed by atoms with E-state index in [1.54, 1.807) is 19.6 Å². The normalized spacial score (nSPS) is 26.5. The summed E-state index contributed by atoms with van der Waals surface area (Å²) in [7, 11) is 0. The number of hydrogen-bond donors (Lipinski definition) is 0. The number of ether oxygens (including phenoxy) is 4. The van der Waals surface area contributed by atoms with E-state index in [1.165, 1.54) is 0 Å². The van der Waals surface area contributed by atoms with Gasteiger partial charge in [0.05, 0.1) is 6.42 Å². The minimum atomic E-state index is -2.79. The molecule has 2 unspecified atom stereocenters. The van der Waals surface area contributed by atoms with Crippen LogP contribution in [-0.2, 0) is 18.9 Å². The Labute approximate surface area is 435 Å². The molecular weight excluding hydrogens is 985 g/mol. The molecule has 4 heterocycles. The molecule has 0 aromatic heterocycles. The van der Waals surface area contributed by atoms with Gasteiger partial charge < -0.3 is 38.5 Å². The maximum absolute atomic E-state index is 13.0. The zero-order valence-corrected chi connectivity index (χ0v) is 45.4. The monoisotopic (exact) mass is 1070 g/mol. The molecule has 8 rings (SSSR count). The fraction of sp³-hybridized carbons (Fsp3) is 0.926. The zero-order chi connectivity index (χ0) is 54.8. The van der Waals surface area contributed by atoms with Crippen LogP contribution in [0.5, 0.6) is 0 Å². The first kappa shape index (κ1) is 61.4. The van der Waals surface area contributed by atoms with Gasteiger partial charge in [-0.3, -0.25) is 0 Å². The average Bonchev–Trinajstić information content (AvgIpc) is 3.79. The predicted octanol–water partition coefficient (Wildman–Crippen LogP) is 13.9. The van der Waals surface area contributed by atoms with Gasteiger partial charge in [0.15, 0.2) is 6.10 Å². The number of nitrogens with zero attached hydrogens (tertiary/aromatic N) is 4. The van der Waals surface area contributed by atoms with Crippen molar-refractivity contribution in [1.29, 1.82) is 0 Å². The van der Waals surface area contributed by atoms with Gasteiger partial charge in [0, 0.05) is 90.9 Å². The van der Waals surface area contributed by atoms with Crippen molar-refractivity contribution in [3.05, 3.63) is 0 Å². The number of piperidine rings is 4. The van der Waals surface area contributed by atoms with E-state index >= 15 is 0 Å². The average molecular weight is 1070 g/mol. The molecule has 2 atom stereocenters. The Hall–Kier alpha value is -3.48. The van der Waals surface area contributed by atoms with Gasteiger partial charge in [-0.25, -0.2) is 54.3 Å². The number of carbonyl (C=O) groups is 4. The highest BCUT2D eigenvalue weighted by atomic mass is 19.3. The molecule has 4 aliphatic heterocycles. The molecule has 8 fully saturated rings. The molecular formula is C54H88F8N4O8. The van der Waals surface area contributed by atoms with E-state index in [9.17, 15) is 54.3 Å². The van der Waals surface area contributed by atoms with Crippen molar-refractivity contribution in [2.24, 2.45) is 47.3 Å². The Morgan fingerprint density at radius 2 is 0.608 bits per heavy atom. The third kappa shape index (κ3) is 19.5. The first-order valence-corrected chi connectivity index (χ1v) is 27.9. The summed E-state index contributed by atoms with van der Waals surface area (Å²) in [4.78, 5) is 53.8. The number of carbonyl (C=O) groups excluding carboxylic acids is 4. The molecule has 4 aliphatic carbocycles. The molecule has 74 heavy (non-hydrogen) atoms. The van der Waals surface area contributed by atoms with Crippen LogP contribution in [0.25, 0.3) is 0 Å². The first-order valence-electron chi connectivity index (χ1n) is 27.9. The van der Waals surface area contributed by atoms with Crippen molar-refractivity contribution in [2.45, 2.75) is 219 Å². The molecule has 0 aromatic carbocycles. The van der Waals surface area contributed by atoms with Crippen molar-refractivity contribution in [2.75, 3.05) is 52.4 Å². The first-order chi connectivity index (χ1) is 34.5. The summed E-state index contributed by atoms with van der Waals surface area (Å²) >= 11 is 0. The molecule has 0 aromatic rings. The summed E-state index contributed by atoms with van der Waals surface area (Å²) in [5, 5.41) is 0. The van der Waals surface area contributed by atoms with Crippen LogP contribution in [0.2, 0.25) is 0 Å². The summed E-state index contributed by atoms with van der Waals surface area (Å²) < 4.78 is 123. The lowest BCUT2D eigenvalue weighted by Gasteiger charge is -2.37.